The second-order valence-corrected chi connectivity index (χ2v) is 5.31. The summed E-state index contributed by atoms with van der Waals surface area (Å²) in [4.78, 5) is 2.29. The average Bonchev–Trinajstić information content (AvgIpc) is 2.13. The molecule has 0 aliphatic heterocycles. The maximum absolute atomic E-state index is 5.92. The zero-order valence-corrected chi connectivity index (χ0v) is 10.2. The average molecular weight is 224 g/mol. The number of benzene rings is 1. The lowest BCUT2D eigenvalue weighted by atomic mass is 9.64. The van der Waals surface area contributed by atoms with Crippen molar-refractivity contribution in [2.75, 3.05) is 20.6 Å². The molecule has 1 fully saturated rings. The predicted molar refractivity (Wildman–Crippen MR) is 65.5 cm³/mol. The summed E-state index contributed by atoms with van der Waals surface area (Å²) in [5, 5.41) is 0.832. The summed E-state index contributed by atoms with van der Waals surface area (Å²) in [5.41, 5.74) is 1.85. The summed E-state index contributed by atoms with van der Waals surface area (Å²) in [7, 11) is 4.30. The van der Waals surface area contributed by atoms with Crippen molar-refractivity contribution in [1.29, 1.82) is 0 Å². The molecule has 1 nitrogen and oxygen atoms in total. The van der Waals surface area contributed by atoms with Crippen molar-refractivity contribution in [1.82, 2.24) is 4.90 Å². The molecule has 0 atom stereocenters. The molecule has 0 spiro atoms. The highest BCUT2D eigenvalue weighted by atomic mass is 35.5. The summed E-state index contributed by atoms with van der Waals surface area (Å²) < 4.78 is 0. The zero-order chi connectivity index (χ0) is 10.9. The number of likely N-dealkylation sites (N-methyl/N-ethyl adjacent to an activating group) is 1. The van der Waals surface area contributed by atoms with Gasteiger partial charge in [0.25, 0.3) is 0 Å². The van der Waals surface area contributed by atoms with Crippen LogP contribution in [-0.4, -0.2) is 25.5 Å². The van der Waals surface area contributed by atoms with Crippen molar-refractivity contribution in [3.05, 3.63) is 34.9 Å². The van der Waals surface area contributed by atoms with Crippen molar-refractivity contribution >= 4 is 11.6 Å². The number of halogens is 1. The third kappa shape index (κ3) is 2.19. The van der Waals surface area contributed by atoms with E-state index in [2.05, 4.69) is 31.1 Å². The van der Waals surface area contributed by atoms with Gasteiger partial charge in [0, 0.05) is 17.0 Å². The molecule has 1 aromatic carbocycles. The van der Waals surface area contributed by atoms with Gasteiger partial charge in [-0.1, -0.05) is 30.2 Å². The van der Waals surface area contributed by atoms with Gasteiger partial charge in [0.15, 0.2) is 0 Å². The number of hydrogen-bond donors (Lipinski definition) is 0. The molecular formula is C13H18ClN. The Bertz CT molecular complexity index is 325. The fraction of sp³-hybridized carbons (Fsp3) is 0.538. The summed E-state index contributed by atoms with van der Waals surface area (Å²) in [5.74, 6) is 0. The number of hydrogen-bond acceptors (Lipinski definition) is 1. The van der Waals surface area contributed by atoms with Gasteiger partial charge in [-0.25, -0.2) is 0 Å². The molecule has 0 amide bonds. The van der Waals surface area contributed by atoms with E-state index in [4.69, 9.17) is 11.6 Å². The summed E-state index contributed by atoms with van der Waals surface area (Å²) in [6.45, 7) is 1.15. The van der Waals surface area contributed by atoms with Gasteiger partial charge in [-0.05, 0) is 44.6 Å². The topological polar surface area (TPSA) is 3.24 Å². The van der Waals surface area contributed by atoms with E-state index in [0.29, 0.717) is 5.41 Å². The lowest BCUT2D eigenvalue weighted by molar-refractivity contribution is 0.177. The Morgan fingerprint density at radius 3 is 2.20 bits per heavy atom. The maximum Gasteiger partial charge on any atom is 0.0406 e. The number of nitrogens with zero attached hydrogens (tertiary/aromatic N) is 1. The van der Waals surface area contributed by atoms with Crippen LogP contribution in [0.3, 0.4) is 0 Å². The molecule has 0 radical (unpaired) electrons. The Balaban J connectivity index is 2.22. The first-order chi connectivity index (χ1) is 7.12. The largest absolute Gasteiger partial charge is 0.309 e. The molecule has 15 heavy (non-hydrogen) atoms. The van der Waals surface area contributed by atoms with Crippen LogP contribution < -0.4 is 0 Å². The molecule has 0 unspecified atom stereocenters. The van der Waals surface area contributed by atoms with Crippen molar-refractivity contribution < 1.29 is 0 Å². The van der Waals surface area contributed by atoms with Crippen molar-refractivity contribution in [3.63, 3.8) is 0 Å². The highest BCUT2D eigenvalue weighted by Gasteiger charge is 2.38. The smallest absolute Gasteiger partial charge is 0.0406 e. The van der Waals surface area contributed by atoms with Gasteiger partial charge in [0.1, 0.15) is 0 Å². The Morgan fingerprint density at radius 1 is 1.20 bits per heavy atom. The third-order valence-corrected chi connectivity index (χ3v) is 3.64. The van der Waals surface area contributed by atoms with E-state index in [1.165, 1.54) is 24.8 Å². The fourth-order valence-corrected chi connectivity index (χ4v) is 2.68. The van der Waals surface area contributed by atoms with E-state index in [1.807, 2.05) is 12.1 Å². The highest BCUT2D eigenvalue weighted by Crippen LogP contribution is 2.44. The van der Waals surface area contributed by atoms with E-state index in [9.17, 15) is 0 Å². The molecule has 2 heteroatoms. The van der Waals surface area contributed by atoms with Gasteiger partial charge in [0.05, 0.1) is 0 Å². The molecule has 2 rings (SSSR count). The van der Waals surface area contributed by atoms with Crippen LogP contribution in [0.2, 0.25) is 5.02 Å². The fourth-order valence-electron chi connectivity index (χ4n) is 2.55. The van der Waals surface area contributed by atoms with E-state index < -0.39 is 0 Å². The molecular weight excluding hydrogens is 206 g/mol. The van der Waals surface area contributed by atoms with Crippen LogP contribution in [0.5, 0.6) is 0 Å². The molecule has 0 saturated heterocycles. The predicted octanol–water partition coefficient (Wildman–Crippen LogP) is 3.32. The lowest BCUT2D eigenvalue weighted by Crippen LogP contribution is -2.43. The van der Waals surface area contributed by atoms with Crippen LogP contribution in [0.15, 0.2) is 24.3 Å². The molecule has 0 heterocycles. The molecule has 82 valence electrons. The molecule has 1 saturated carbocycles. The summed E-state index contributed by atoms with van der Waals surface area (Å²) in [6, 6.07) is 8.38. The lowest BCUT2D eigenvalue weighted by Gasteiger charge is -2.44. The van der Waals surface area contributed by atoms with Gasteiger partial charge < -0.3 is 4.90 Å². The van der Waals surface area contributed by atoms with Crippen LogP contribution in [0.25, 0.3) is 0 Å². The monoisotopic (exact) mass is 223 g/mol. The quantitative estimate of drug-likeness (QED) is 0.760. The minimum atomic E-state index is 0.397. The second kappa shape index (κ2) is 4.15. The SMILES string of the molecule is CN(C)CC1(c2ccc(Cl)cc2)CCC1. The highest BCUT2D eigenvalue weighted by molar-refractivity contribution is 6.30. The Labute approximate surface area is 97.0 Å². The third-order valence-electron chi connectivity index (χ3n) is 3.39. The molecule has 0 bridgehead atoms. The Kier molecular flexibility index (Phi) is 3.03. The van der Waals surface area contributed by atoms with E-state index in [0.717, 1.165) is 11.6 Å². The van der Waals surface area contributed by atoms with Crippen molar-refractivity contribution in [2.24, 2.45) is 0 Å². The first-order valence-electron chi connectivity index (χ1n) is 5.53. The Hall–Kier alpha value is -0.530. The zero-order valence-electron chi connectivity index (χ0n) is 9.46. The maximum atomic E-state index is 5.92. The minimum Gasteiger partial charge on any atom is -0.309 e. The second-order valence-electron chi connectivity index (χ2n) is 4.88. The number of rotatable bonds is 3. The van der Waals surface area contributed by atoms with E-state index in [1.54, 1.807) is 0 Å². The van der Waals surface area contributed by atoms with Crippen molar-refractivity contribution in [3.8, 4) is 0 Å². The standard InChI is InChI=1S/C13H18ClN/c1-15(2)10-13(8-3-9-13)11-4-6-12(14)7-5-11/h4-7H,3,8-10H2,1-2H3. The van der Waals surface area contributed by atoms with Gasteiger partial charge in [-0.15, -0.1) is 0 Å². The van der Waals surface area contributed by atoms with Crippen LogP contribution in [0.1, 0.15) is 24.8 Å². The molecule has 1 aliphatic carbocycles. The van der Waals surface area contributed by atoms with Gasteiger partial charge in [-0.3, -0.25) is 0 Å². The van der Waals surface area contributed by atoms with E-state index in [-0.39, 0.29) is 0 Å². The first-order valence-corrected chi connectivity index (χ1v) is 5.91. The van der Waals surface area contributed by atoms with Gasteiger partial charge >= 0.3 is 0 Å². The molecule has 1 aromatic rings. The van der Waals surface area contributed by atoms with Crippen LogP contribution in [-0.2, 0) is 5.41 Å². The Morgan fingerprint density at radius 2 is 1.80 bits per heavy atom. The molecule has 0 aromatic heterocycles. The van der Waals surface area contributed by atoms with Crippen LogP contribution >= 0.6 is 11.6 Å². The first kappa shape index (κ1) is 11.0. The summed E-state index contributed by atoms with van der Waals surface area (Å²) in [6.07, 6.45) is 3.98. The minimum absolute atomic E-state index is 0.397. The summed E-state index contributed by atoms with van der Waals surface area (Å²) >= 11 is 5.92. The van der Waals surface area contributed by atoms with Gasteiger partial charge in [-0.2, -0.15) is 0 Å². The van der Waals surface area contributed by atoms with Gasteiger partial charge in [0.2, 0.25) is 0 Å². The van der Waals surface area contributed by atoms with Crippen LogP contribution in [0.4, 0.5) is 0 Å². The normalized spacial score (nSPS) is 18.9. The molecule has 1 aliphatic rings. The van der Waals surface area contributed by atoms with Crippen LogP contribution in [0, 0.1) is 0 Å². The molecule has 0 N–H and O–H groups in total. The van der Waals surface area contributed by atoms with E-state index >= 15 is 0 Å². The van der Waals surface area contributed by atoms with Crippen molar-refractivity contribution in [2.45, 2.75) is 24.7 Å².